The number of aryl methyl sites for hydroxylation is 1. The minimum absolute atomic E-state index is 0.212. The number of carbonyl (C=O) groups is 1. The summed E-state index contributed by atoms with van der Waals surface area (Å²) in [5, 5.41) is 6.90. The number of carbonyl (C=O) groups excluding carboxylic acids is 1. The molecule has 1 aliphatic rings. The average molecular weight is 483 g/mol. The van der Waals surface area contributed by atoms with Gasteiger partial charge in [-0.1, -0.05) is 27.7 Å². The van der Waals surface area contributed by atoms with Crippen LogP contribution in [0.15, 0.2) is 18.5 Å². The van der Waals surface area contributed by atoms with Crippen LogP contribution in [0.5, 0.6) is 0 Å². The maximum atomic E-state index is 13.4. The first-order valence-electron chi connectivity index (χ1n) is 10.9. The summed E-state index contributed by atoms with van der Waals surface area (Å²) in [7, 11) is -0.450. The van der Waals surface area contributed by atoms with Gasteiger partial charge >= 0.3 is 16.2 Å². The molecule has 32 heavy (non-hydrogen) atoms. The first kappa shape index (κ1) is 24.5. The zero-order valence-corrected chi connectivity index (χ0v) is 21.3. The second kappa shape index (κ2) is 9.80. The van der Waals surface area contributed by atoms with Gasteiger partial charge in [-0.25, -0.2) is 13.8 Å². The van der Waals surface area contributed by atoms with Crippen molar-refractivity contribution in [3.05, 3.63) is 28.2 Å². The quantitative estimate of drug-likeness (QED) is 0.627. The second-order valence-corrected chi connectivity index (χ2v) is 11.7. The molecule has 0 bridgehead atoms. The van der Waals surface area contributed by atoms with Gasteiger partial charge in [0.05, 0.1) is 23.6 Å². The van der Waals surface area contributed by atoms with Gasteiger partial charge in [0.1, 0.15) is 0 Å². The van der Waals surface area contributed by atoms with Gasteiger partial charge in [0.2, 0.25) is 0 Å². The first-order valence-corrected chi connectivity index (χ1v) is 13.2. The standard InChI is InChI=1S/C21H34N6O3S2/c1-14(2)19-10-18(20(31-19)15(3)4)23-21(28)24-32(29,30)27(17-11-22-26(6)13-17)16-8-7-9-25(5)12-16/h10-11,13-16H,7-9,12H2,1-6H3,(H2,23,24,28)/t16-/m1/s1. The molecule has 0 spiro atoms. The van der Waals surface area contributed by atoms with Crippen molar-refractivity contribution >= 4 is 39.0 Å². The molecule has 2 aromatic rings. The maximum Gasteiger partial charge on any atom is 0.334 e. The van der Waals surface area contributed by atoms with E-state index < -0.39 is 16.2 Å². The molecule has 2 amide bonds. The summed E-state index contributed by atoms with van der Waals surface area (Å²) in [6.07, 6.45) is 4.75. The Bertz CT molecular complexity index is 1040. The molecule has 0 aromatic carbocycles. The highest BCUT2D eigenvalue weighted by Gasteiger charge is 2.35. The lowest BCUT2D eigenvalue weighted by molar-refractivity contribution is 0.251. The van der Waals surface area contributed by atoms with Crippen LogP contribution in [0.3, 0.4) is 0 Å². The fourth-order valence-corrected chi connectivity index (χ4v) is 6.39. The predicted molar refractivity (Wildman–Crippen MR) is 130 cm³/mol. The minimum Gasteiger partial charge on any atom is -0.306 e. The van der Waals surface area contributed by atoms with Crippen LogP contribution in [0.1, 0.15) is 62.1 Å². The number of anilines is 2. The summed E-state index contributed by atoms with van der Waals surface area (Å²) < 4.78 is 31.8. The molecule has 9 nitrogen and oxygen atoms in total. The van der Waals surface area contributed by atoms with Crippen LogP contribution in [-0.4, -0.2) is 55.3 Å². The van der Waals surface area contributed by atoms with E-state index in [1.165, 1.54) is 10.5 Å². The Morgan fingerprint density at radius 1 is 1.25 bits per heavy atom. The summed E-state index contributed by atoms with van der Waals surface area (Å²) in [4.78, 5) is 17.1. The average Bonchev–Trinajstić information content (AvgIpc) is 3.27. The summed E-state index contributed by atoms with van der Waals surface area (Å²) in [6, 6.07) is 0.882. The van der Waals surface area contributed by atoms with E-state index in [1.54, 1.807) is 29.3 Å². The number of nitrogens with one attached hydrogen (secondary N) is 2. The van der Waals surface area contributed by atoms with E-state index in [1.807, 2.05) is 13.1 Å². The number of hydrogen-bond acceptors (Lipinski definition) is 6. The van der Waals surface area contributed by atoms with E-state index in [4.69, 9.17) is 0 Å². The Balaban J connectivity index is 1.84. The van der Waals surface area contributed by atoms with Gasteiger partial charge in [0, 0.05) is 29.5 Å². The predicted octanol–water partition coefficient (Wildman–Crippen LogP) is 3.70. The molecule has 1 aliphatic heterocycles. The van der Waals surface area contributed by atoms with Gasteiger partial charge in [-0.3, -0.25) is 4.68 Å². The van der Waals surface area contributed by atoms with Crippen molar-refractivity contribution in [2.75, 3.05) is 29.8 Å². The number of aromatic nitrogens is 2. The Morgan fingerprint density at radius 3 is 2.53 bits per heavy atom. The molecule has 11 heteroatoms. The second-order valence-electron chi connectivity index (χ2n) is 9.02. The fraction of sp³-hybridized carbons (Fsp3) is 0.619. The third-order valence-electron chi connectivity index (χ3n) is 5.48. The highest BCUT2D eigenvalue weighted by Crippen LogP contribution is 2.37. The summed E-state index contributed by atoms with van der Waals surface area (Å²) in [5.74, 6) is 0.535. The Hall–Kier alpha value is -2.11. The zero-order chi connectivity index (χ0) is 23.6. The Labute approximate surface area is 195 Å². The highest BCUT2D eigenvalue weighted by atomic mass is 32.2. The zero-order valence-electron chi connectivity index (χ0n) is 19.6. The van der Waals surface area contributed by atoms with Crippen molar-refractivity contribution in [2.24, 2.45) is 7.05 Å². The smallest absolute Gasteiger partial charge is 0.306 e. The molecule has 1 saturated heterocycles. The van der Waals surface area contributed by atoms with Crippen molar-refractivity contribution in [2.45, 2.75) is 58.4 Å². The Kier molecular flexibility index (Phi) is 7.51. The molecule has 3 heterocycles. The number of nitrogens with zero attached hydrogens (tertiary/aromatic N) is 4. The largest absolute Gasteiger partial charge is 0.334 e. The monoisotopic (exact) mass is 482 g/mol. The van der Waals surface area contributed by atoms with Crippen molar-refractivity contribution in [3.63, 3.8) is 0 Å². The summed E-state index contributed by atoms with van der Waals surface area (Å²) >= 11 is 1.65. The van der Waals surface area contributed by atoms with Crippen LogP contribution in [0, 0.1) is 0 Å². The van der Waals surface area contributed by atoms with Crippen LogP contribution >= 0.6 is 11.3 Å². The molecule has 1 atom stereocenters. The third-order valence-corrected chi connectivity index (χ3v) is 8.69. The molecule has 0 unspecified atom stereocenters. The lowest BCUT2D eigenvalue weighted by atomic mass is 10.1. The van der Waals surface area contributed by atoms with E-state index in [2.05, 4.69) is 47.7 Å². The van der Waals surface area contributed by atoms with Gasteiger partial charge in [-0.15, -0.1) is 11.3 Å². The number of hydrogen-bond donors (Lipinski definition) is 2. The number of amides is 2. The lowest BCUT2D eigenvalue weighted by Gasteiger charge is -2.37. The molecular formula is C21H34N6O3S2. The molecule has 2 aromatic heterocycles. The van der Waals surface area contributed by atoms with E-state index >= 15 is 0 Å². The first-order chi connectivity index (χ1) is 15.0. The number of likely N-dealkylation sites (N-methyl/N-ethyl adjacent to an activating group) is 1. The summed E-state index contributed by atoms with van der Waals surface area (Å²) in [6.45, 7) is 9.80. The van der Waals surface area contributed by atoms with E-state index in [-0.39, 0.29) is 12.0 Å². The fourth-order valence-electron chi connectivity index (χ4n) is 3.95. The third kappa shape index (κ3) is 5.62. The number of piperidine rings is 1. The van der Waals surface area contributed by atoms with Crippen molar-refractivity contribution < 1.29 is 13.2 Å². The molecule has 0 saturated carbocycles. The molecule has 0 radical (unpaired) electrons. The van der Waals surface area contributed by atoms with Gasteiger partial charge in [-0.2, -0.15) is 13.5 Å². The Morgan fingerprint density at radius 2 is 1.97 bits per heavy atom. The van der Waals surface area contributed by atoms with Crippen LogP contribution < -0.4 is 14.3 Å². The molecule has 1 fully saturated rings. The maximum absolute atomic E-state index is 13.4. The van der Waals surface area contributed by atoms with E-state index in [0.29, 0.717) is 30.3 Å². The molecular weight excluding hydrogens is 448 g/mol. The van der Waals surface area contributed by atoms with Crippen LogP contribution in [0.25, 0.3) is 0 Å². The van der Waals surface area contributed by atoms with Crippen molar-refractivity contribution in [1.82, 2.24) is 19.4 Å². The normalized spacial score (nSPS) is 17.7. The van der Waals surface area contributed by atoms with Gasteiger partial charge < -0.3 is 10.2 Å². The molecule has 0 aliphatic carbocycles. The van der Waals surface area contributed by atoms with Gasteiger partial charge in [0.25, 0.3) is 0 Å². The number of rotatable bonds is 7. The molecule has 3 rings (SSSR count). The molecule has 2 N–H and O–H groups in total. The number of likely N-dealkylation sites (tertiary alicyclic amines) is 1. The number of urea groups is 1. The van der Waals surface area contributed by atoms with Gasteiger partial charge in [-0.05, 0) is 44.3 Å². The minimum atomic E-state index is -4.15. The van der Waals surface area contributed by atoms with Crippen molar-refractivity contribution in [3.8, 4) is 0 Å². The SMILES string of the molecule is CC(C)c1cc(NC(=O)NS(=O)(=O)N(c2cnn(C)c2)[C@@H]2CCCN(C)C2)c(C(C)C)s1. The van der Waals surface area contributed by atoms with Crippen LogP contribution in [0.4, 0.5) is 16.2 Å². The summed E-state index contributed by atoms with van der Waals surface area (Å²) in [5.41, 5.74) is 1.10. The van der Waals surface area contributed by atoms with E-state index in [0.717, 1.165) is 22.7 Å². The number of thiophene rings is 1. The van der Waals surface area contributed by atoms with Gasteiger partial charge in [0.15, 0.2) is 0 Å². The van der Waals surface area contributed by atoms with Crippen molar-refractivity contribution in [1.29, 1.82) is 0 Å². The lowest BCUT2D eigenvalue weighted by Crippen LogP contribution is -2.54. The highest BCUT2D eigenvalue weighted by molar-refractivity contribution is 7.91. The molecule has 178 valence electrons. The van der Waals surface area contributed by atoms with Crippen LogP contribution in [0.2, 0.25) is 0 Å². The van der Waals surface area contributed by atoms with Crippen LogP contribution in [-0.2, 0) is 17.3 Å². The topological polar surface area (TPSA) is 99.6 Å². The van der Waals surface area contributed by atoms with E-state index in [9.17, 15) is 13.2 Å².